The maximum atomic E-state index is 6.12. The summed E-state index contributed by atoms with van der Waals surface area (Å²) in [6.07, 6.45) is 0.838. The van der Waals surface area contributed by atoms with Gasteiger partial charge >= 0.3 is 0 Å². The molecule has 2 heterocycles. The lowest BCUT2D eigenvalue weighted by atomic mass is 9.90. The van der Waals surface area contributed by atoms with E-state index in [9.17, 15) is 0 Å². The summed E-state index contributed by atoms with van der Waals surface area (Å²) in [5.74, 6) is 2.84. The van der Waals surface area contributed by atoms with Crippen LogP contribution in [-0.4, -0.2) is 28.2 Å². The molecule has 29 heavy (non-hydrogen) atoms. The van der Waals surface area contributed by atoms with Gasteiger partial charge in [0.1, 0.15) is 17.9 Å². The molecular weight excluding hydrogens is 481 g/mol. The number of rotatable bonds is 4. The van der Waals surface area contributed by atoms with Crippen molar-refractivity contribution in [3.63, 3.8) is 0 Å². The monoisotopic (exact) mass is 513 g/mol. The Hall–Kier alpha value is -1.84. The first-order valence-electron chi connectivity index (χ1n) is 9.84. The Balaban J connectivity index is 0.00000300. The maximum absolute atomic E-state index is 6.12. The highest BCUT2D eigenvalue weighted by atomic mass is 127. The van der Waals surface area contributed by atoms with Crippen LogP contribution in [0.25, 0.3) is 0 Å². The van der Waals surface area contributed by atoms with E-state index in [2.05, 4.69) is 45.7 Å². The summed E-state index contributed by atoms with van der Waals surface area (Å²) in [5, 5.41) is 10.9. The van der Waals surface area contributed by atoms with Crippen LogP contribution in [0, 0.1) is 0 Å². The smallest absolute Gasteiger partial charge is 0.232 e. The number of nitrogens with one attached hydrogen (secondary N) is 2. The van der Waals surface area contributed by atoms with Gasteiger partial charge in [-0.15, -0.1) is 24.0 Å². The Labute approximate surface area is 190 Å². The van der Waals surface area contributed by atoms with E-state index in [4.69, 9.17) is 9.26 Å². The Morgan fingerprint density at radius 3 is 2.66 bits per heavy atom. The molecule has 0 amide bonds. The topological polar surface area (TPSA) is 84.6 Å². The fraction of sp³-hybridized carbons (Fsp3) is 0.571. The lowest BCUT2D eigenvalue weighted by Crippen LogP contribution is -2.45. The van der Waals surface area contributed by atoms with E-state index in [0.29, 0.717) is 18.3 Å². The summed E-state index contributed by atoms with van der Waals surface area (Å²) < 4.78 is 11.5. The van der Waals surface area contributed by atoms with E-state index >= 15 is 0 Å². The van der Waals surface area contributed by atoms with Crippen molar-refractivity contribution < 1.29 is 9.26 Å². The van der Waals surface area contributed by atoms with Crippen LogP contribution < -0.4 is 15.4 Å². The van der Waals surface area contributed by atoms with Gasteiger partial charge in [0.25, 0.3) is 0 Å². The van der Waals surface area contributed by atoms with Gasteiger partial charge in [-0.2, -0.15) is 4.98 Å². The van der Waals surface area contributed by atoms with Crippen LogP contribution in [0.5, 0.6) is 5.75 Å². The molecule has 3 rings (SSSR count). The van der Waals surface area contributed by atoms with Crippen LogP contribution in [0.2, 0.25) is 0 Å². The second kappa shape index (κ2) is 9.32. The van der Waals surface area contributed by atoms with Crippen LogP contribution in [0.3, 0.4) is 0 Å². The fourth-order valence-electron chi connectivity index (χ4n) is 3.19. The zero-order valence-corrected chi connectivity index (χ0v) is 20.4. The molecule has 1 atom stereocenters. The molecule has 0 aliphatic carbocycles. The van der Waals surface area contributed by atoms with Gasteiger partial charge in [0.2, 0.25) is 5.89 Å². The average molecular weight is 513 g/mol. The highest BCUT2D eigenvalue weighted by Crippen LogP contribution is 2.39. The van der Waals surface area contributed by atoms with Crippen LogP contribution >= 0.6 is 24.0 Å². The highest BCUT2D eigenvalue weighted by Gasteiger charge is 2.34. The third-order valence-corrected chi connectivity index (χ3v) is 4.52. The molecule has 0 saturated heterocycles. The van der Waals surface area contributed by atoms with Crippen molar-refractivity contribution in [3.05, 3.63) is 41.5 Å². The minimum absolute atomic E-state index is 0. The minimum Gasteiger partial charge on any atom is -0.487 e. The van der Waals surface area contributed by atoms with Crippen molar-refractivity contribution in [2.45, 2.75) is 71.6 Å². The van der Waals surface area contributed by atoms with Gasteiger partial charge in [0.15, 0.2) is 11.8 Å². The molecule has 0 fully saturated rings. The van der Waals surface area contributed by atoms with Gasteiger partial charge in [-0.3, -0.25) is 0 Å². The second-order valence-electron chi connectivity index (χ2n) is 8.76. The molecule has 8 heteroatoms. The molecule has 0 radical (unpaired) electrons. The molecule has 0 bridgehead atoms. The lowest BCUT2D eigenvalue weighted by Gasteiger charge is -2.38. The minimum atomic E-state index is -0.251. The number of guanidine groups is 1. The maximum Gasteiger partial charge on any atom is 0.232 e. The first-order chi connectivity index (χ1) is 13.2. The van der Waals surface area contributed by atoms with Crippen LogP contribution in [0.4, 0.5) is 0 Å². The number of halogens is 1. The van der Waals surface area contributed by atoms with Gasteiger partial charge in [-0.05, 0) is 26.8 Å². The number of ether oxygens (including phenoxy) is 1. The molecule has 1 aromatic heterocycles. The summed E-state index contributed by atoms with van der Waals surface area (Å²) in [4.78, 5) is 9.12. The van der Waals surface area contributed by atoms with Crippen molar-refractivity contribution in [1.29, 1.82) is 0 Å². The Bertz CT molecular complexity index is 842. The Morgan fingerprint density at radius 1 is 1.28 bits per heavy atom. The number of aromatic nitrogens is 2. The zero-order chi connectivity index (χ0) is 20.4. The van der Waals surface area contributed by atoms with E-state index in [0.717, 1.165) is 30.2 Å². The predicted octanol–water partition coefficient (Wildman–Crippen LogP) is 4.34. The number of benzene rings is 1. The van der Waals surface area contributed by atoms with Gasteiger partial charge in [-0.1, -0.05) is 44.1 Å². The average Bonchev–Trinajstić information content (AvgIpc) is 3.08. The third kappa shape index (κ3) is 6.07. The summed E-state index contributed by atoms with van der Waals surface area (Å²) in [5.41, 5.74) is 0.718. The number of para-hydroxylation sites is 1. The highest BCUT2D eigenvalue weighted by molar-refractivity contribution is 14.0. The summed E-state index contributed by atoms with van der Waals surface area (Å²) >= 11 is 0. The molecular formula is C21H32IN5O2. The Kier molecular flexibility index (Phi) is 7.53. The van der Waals surface area contributed by atoms with Gasteiger partial charge in [0, 0.05) is 23.9 Å². The Morgan fingerprint density at radius 2 is 2.00 bits per heavy atom. The van der Waals surface area contributed by atoms with Crippen molar-refractivity contribution in [3.8, 4) is 5.75 Å². The summed E-state index contributed by atoms with van der Waals surface area (Å²) in [6.45, 7) is 13.5. The number of hydrogen-bond acceptors (Lipinski definition) is 5. The molecule has 2 N–H and O–H groups in total. The van der Waals surface area contributed by atoms with Crippen molar-refractivity contribution in [2.24, 2.45) is 4.99 Å². The van der Waals surface area contributed by atoms with E-state index in [1.807, 2.05) is 45.9 Å². The molecule has 0 spiro atoms. The second-order valence-corrected chi connectivity index (χ2v) is 8.76. The fourth-order valence-corrected chi connectivity index (χ4v) is 3.19. The lowest BCUT2D eigenvalue weighted by molar-refractivity contribution is 0.0694. The SMILES string of the molecule is CCNC(=NCc1noc(C(C)(C)C)n1)NC1CC(C)(C)Oc2ccccc21.I. The molecule has 2 aromatic rings. The molecule has 7 nitrogen and oxygen atoms in total. The van der Waals surface area contributed by atoms with Crippen molar-refractivity contribution >= 4 is 29.9 Å². The van der Waals surface area contributed by atoms with E-state index in [1.54, 1.807) is 0 Å². The van der Waals surface area contributed by atoms with Crippen LogP contribution in [0.15, 0.2) is 33.8 Å². The molecule has 160 valence electrons. The zero-order valence-electron chi connectivity index (χ0n) is 18.1. The normalized spacial score (nSPS) is 18.3. The summed E-state index contributed by atoms with van der Waals surface area (Å²) in [7, 11) is 0. The number of hydrogen-bond donors (Lipinski definition) is 2. The first-order valence-corrected chi connectivity index (χ1v) is 9.84. The standard InChI is InChI=1S/C21H31N5O2.HI/c1-7-22-19(23-13-17-25-18(28-26-17)20(2,3)4)24-15-12-21(5,6)27-16-11-9-8-10-14(15)16;/h8-11,15H,7,12-13H2,1-6H3,(H2,22,23,24);1H. The van der Waals surface area contributed by atoms with Gasteiger partial charge < -0.3 is 19.9 Å². The van der Waals surface area contributed by atoms with Crippen LogP contribution in [-0.2, 0) is 12.0 Å². The van der Waals surface area contributed by atoms with Crippen LogP contribution in [0.1, 0.15) is 71.3 Å². The number of fused-ring (bicyclic) bond motifs is 1. The largest absolute Gasteiger partial charge is 0.487 e. The number of aliphatic imine (C=N–C) groups is 1. The quantitative estimate of drug-likeness (QED) is 0.360. The van der Waals surface area contributed by atoms with Crippen molar-refractivity contribution in [2.75, 3.05) is 6.54 Å². The van der Waals surface area contributed by atoms with Gasteiger partial charge in [-0.25, -0.2) is 4.99 Å². The predicted molar refractivity (Wildman–Crippen MR) is 125 cm³/mol. The third-order valence-electron chi connectivity index (χ3n) is 4.52. The van der Waals surface area contributed by atoms with E-state index in [-0.39, 0.29) is 41.0 Å². The molecule has 1 aliphatic rings. The van der Waals surface area contributed by atoms with E-state index in [1.165, 1.54) is 0 Å². The first kappa shape index (κ1) is 23.4. The van der Waals surface area contributed by atoms with E-state index < -0.39 is 0 Å². The molecule has 0 saturated carbocycles. The molecule has 1 aliphatic heterocycles. The van der Waals surface area contributed by atoms with Gasteiger partial charge in [0.05, 0.1) is 6.04 Å². The number of nitrogens with zero attached hydrogens (tertiary/aromatic N) is 3. The molecule has 1 aromatic carbocycles. The summed E-state index contributed by atoms with van der Waals surface area (Å²) in [6, 6.07) is 8.25. The molecule has 1 unspecified atom stereocenters. The van der Waals surface area contributed by atoms with Crippen molar-refractivity contribution in [1.82, 2.24) is 20.8 Å².